The predicted octanol–water partition coefficient (Wildman–Crippen LogP) is 3.75. The van der Waals surface area contributed by atoms with Crippen molar-refractivity contribution in [2.75, 3.05) is 13.7 Å². The van der Waals surface area contributed by atoms with Crippen LogP contribution in [0.25, 0.3) is 16.6 Å². The second-order valence-corrected chi connectivity index (χ2v) is 5.54. The number of rotatable bonds is 6. The van der Waals surface area contributed by atoms with E-state index in [4.69, 9.17) is 9.47 Å². The fourth-order valence-corrected chi connectivity index (χ4v) is 2.83. The van der Waals surface area contributed by atoms with E-state index >= 15 is 0 Å². The third-order valence-electron chi connectivity index (χ3n) is 3.96. The largest absolute Gasteiger partial charge is 0.497 e. The maximum absolute atomic E-state index is 12.8. The average molecular weight is 337 g/mol. The standard InChI is InChI=1S/C20H19NO4/c1-3-25-19(23)13-18(22)20-17(12-15-6-4-5-11-21(15)20)14-7-9-16(24-2)10-8-14/h4-12H,3,13H2,1-2H3. The smallest absolute Gasteiger partial charge is 0.313 e. The van der Waals surface area contributed by atoms with Crippen molar-refractivity contribution >= 4 is 17.3 Å². The first-order valence-corrected chi connectivity index (χ1v) is 8.07. The van der Waals surface area contributed by atoms with Gasteiger partial charge in [0.25, 0.3) is 0 Å². The quantitative estimate of drug-likeness (QED) is 0.390. The van der Waals surface area contributed by atoms with Gasteiger partial charge in [-0.15, -0.1) is 0 Å². The number of carbonyl (C=O) groups excluding carboxylic acids is 2. The Morgan fingerprint density at radius 1 is 1.08 bits per heavy atom. The fourth-order valence-electron chi connectivity index (χ4n) is 2.83. The summed E-state index contributed by atoms with van der Waals surface area (Å²) in [6.07, 6.45) is 1.54. The lowest BCUT2D eigenvalue weighted by Gasteiger charge is -2.07. The van der Waals surface area contributed by atoms with Gasteiger partial charge in [0.05, 0.1) is 19.4 Å². The number of esters is 1. The summed E-state index contributed by atoms with van der Waals surface area (Å²) in [4.78, 5) is 24.5. The molecule has 0 unspecified atom stereocenters. The maximum atomic E-state index is 12.8. The Balaban J connectivity index is 2.08. The molecule has 0 N–H and O–H groups in total. The minimum atomic E-state index is -0.515. The predicted molar refractivity (Wildman–Crippen MR) is 95.0 cm³/mol. The number of benzene rings is 1. The van der Waals surface area contributed by atoms with Gasteiger partial charge in [0.2, 0.25) is 0 Å². The van der Waals surface area contributed by atoms with Crippen molar-refractivity contribution < 1.29 is 19.1 Å². The molecule has 0 fully saturated rings. The summed E-state index contributed by atoms with van der Waals surface area (Å²) in [6, 6.07) is 15.1. The summed E-state index contributed by atoms with van der Waals surface area (Å²) in [5.41, 5.74) is 3.04. The molecular weight excluding hydrogens is 318 g/mol. The van der Waals surface area contributed by atoms with Crippen LogP contribution in [0.3, 0.4) is 0 Å². The van der Waals surface area contributed by atoms with E-state index in [2.05, 4.69) is 0 Å². The van der Waals surface area contributed by atoms with Gasteiger partial charge in [-0.2, -0.15) is 0 Å². The minimum absolute atomic E-state index is 0.256. The van der Waals surface area contributed by atoms with Crippen LogP contribution in [0.5, 0.6) is 5.75 Å². The number of ether oxygens (including phenoxy) is 2. The number of Topliss-reactive ketones (excluding diaryl/α,β-unsaturated/α-hetero) is 1. The van der Waals surface area contributed by atoms with E-state index in [1.54, 1.807) is 18.4 Å². The van der Waals surface area contributed by atoms with Crippen LogP contribution in [0.2, 0.25) is 0 Å². The van der Waals surface area contributed by atoms with Crippen molar-refractivity contribution in [3.05, 3.63) is 60.4 Å². The van der Waals surface area contributed by atoms with Crippen LogP contribution in [-0.2, 0) is 9.53 Å². The van der Waals surface area contributed by atoms with Crippen molar-refractivity contribution in [2.45, 2.75) is 13.3 Å². The lowest BCUT2D eigenvalue weighted by molar-refractivity contribution is -0.141. The SMILES string of the molecule is CCOC(=O)CC(=O)c1c(-c2ccc(OC)cc2)cc2ccccn12. The highest BCUT2D eigenvalue weighted by molar-refractivity contribution is 6.09. The topological polar surface area (TPSA) is 57.0 Å². The molecule has 1 aromatic carbocycles. The molecular formula is C20H19NO4. The molecule has 0 aliphatic rings. The maximum Gasteiger partial charge on any atom is 0.313 e. The summed E-state index contributed by atoms with van der Waals surface area (Å²) in [5.74, 6) is -0.0403. The zero-order chi connectivity index (χ0) is 17.8. The molecule has 128 valence electrons. The van der Waals surface area contributed by atoms with Crippen LogP contribution in [0.4, 0.5) is 0 Å². The molecule has 3 aromatic rings. The van der Waals surface area contributed by atoms with E-state index in [9.17, 15) is 9.59 Å². The Morgan fingerprint density at radius 3 is 2.52 bits per heavy atom. The number of fused-ring (bicyclic) bond motifs is 1. The Bertz CT molecular complexity index is 909. The first-order chi connectivity index (χ1) is 12.1. The van der Waals surface area contributed by atoms with Crippen LogP contribution in [0.1, 0.15) is 23.8 Å². The van der Waals surface area contributed by atoms with Crippen LogP contribution in [-0.4, -0.2) is 29.9 Å². The van der Waals surface area contributed by atoms with Crippen molar-refractivity contribution in [3.63, 3.8) is 0 Å². The highest BCUT2D eigenvalue weighted by Crippen LogP contribution is 2.30. The number of hydrogen-bond acceptors (Lipinski definition) is 4. The number of aromatic nitrogens is 1. The first-order valence-electron chi connectivity index (χ1n) is 8.07. The van der Waals surface area contributed by atoms with Gasteiger partial charge in [-0.05, 0) is 42.8 Å². The number of hydrogen-bond donors (Lipinski definition) is 0. The Hall–Kier alpha value is -3.08. The molecule has 0 radical (unpaired) electrons. The third-order valence-corrected chi connectivity index (χ3v) is 3.96. The van der Waals surface area contributed by atoms with E-state index in [1.165, 1.54) is 0 Å². The lowest BCUT2D eigenvalue weighted by Crippen LogP contribution is -2.13. The van der Waals surface area contributed by atoms with Gasteiger partial charge in [0, 0.05) is 17.3 Å². The highest BCUT2D eigenvalue weighted by atomic mass is 16.5. The zero-order valence-electron chi connectivity index (χ0n) is 14.2. The Labute approximate surface area is 145 Å². The Morgan fingerprint density at radius 2 is 1.84 bits per heavy atom. The fraction of sp³-hybridized carbons (Fsp3) is 0.200. The van der Waals surface area contributed by atoms with Crippen LogP contribution in [0.15, 0.2) is 54.7 Å². The van der Waals surface area contributed by atoms with Crippen molar-refractivity contribution in [2.24, 2.45) is 0 Å². The molecule has 0 bridgehead atoms. The number of carbonyl (C=O) groups is 2. The third kappa shape index (κ3) is 3.40. The summed E-state index contributed by atoms with van der Waals surface area (Å²) in [6.45, 7) is 1.98. The van der Waals surface area contributed by atoms with E-state index in [-0.39, 0.29) is 18.8 Å². The molecule has 0 saturated heterocycles. The van der Waals surface area contributed by atoms with Gasteiger partial charge in [0.1, 0.15) is 12.2 Å². The number of ketones is 1. The lowest BCUT2D eigenvalue weighted by atomic mass is 10.0. The molecule has 0 aliphatic carbocycles. The summed E-state index contributed by atoms with van der Waals surface area (Å²) >= 11 is 0. The van der Waals surface area contributed by atoms with Gasteiger partial charge in [0.15, 0.2) is 5.78 Å². The van der Waals surface area contributed by atoms with Crippen LogP contribution in [0, 0.1) is 0 Å². The van der Waals surface area contributed by atoms with Gasteiger partial charge >= 0.3 is 5.97 Å². The molecule has 0 amide bonds. The van der Waals surface area contributed by atoms with Crippen LogP contribution < -0.4 is 4.74 Å². The molecule has 0 spiro atoms. The minimum Gasteiger partial charge on any atom is -0.497 e. The first kappa shape index (κ1) is 16.8. The molecule has 25 heavy (non-hydrogen) atoms. The van der Waals surface area contributed by atoms with Crippen molar-refractivity contribution in [1.29, 1.82) is 0 Å². The second kappa shape index (κ2) is 7.21. The molecule has 0 aliphatic heterocycles. The number of nitrogens with zero attached hydrogens (tertiary/aromatic N) is 1. The molecule has 3 rings (SSSR count). The molecule has 0 atom stereocenters. The molecule has 5 heteroatoms. The molecule has 0 saturated carbocycles. The van der Waals surface area contributed by atoms with Crippen molar-refractivity contribution in [1.82, 2.24) is 4.40 Å². The van der Waals surface area contributed by atoms with Crippen LogP contribution >= 0.6 is 0 Å². The van der Waals surface area contributed by atoms with E-state index < -0.39 is 5.97 Å². The normalized spacial score (nSPS) is 10.6. The van der Waals surface area contributed by atoms with E-state index in [1.807, 2.05) is 54.7 Å². The molecule has 5 nitrogen and oxygen atoms in total. The number of pyridine rings is 1. The summed E-state index contributed by atoms with van der Waals surface area (Å²) in [5, 5.41) is 0. The van der Waals surface area contributed by atoms with Gasteiger partial charge < -0.3 is 13.9 Å². The zero-order valence-corrected chi connectivity index (χ0v) is 14.2. The van der Waals surface area contributed by atoms with Crippen molar-refractivity contribution in [3.8, 4) is 16.9 Å². The average Bonchev–Trinajstić information content (AvgIpc) is 3.01. The van der Waals surface area contributed by atoms with E-state index in [0.717, 1.165) is 22.4 Å². The monoisotopic (exact) mass is 337 g/mol. The Kier molecular flexibility index (Phi) is 4.84. The molecule has 2 heterocycles. The van der Waals surface area contributed by atoms with Gasteiger partial charge in [-0.3, -0.25) is 9.59 Å². The van der Waals surface area contributed by atoms with Gasteiger partial charge in [-0.1, -0.05) is 18.2 Å². The summed E-state index contributed by atoms with van der Waals surface area (Å²) in [7, 11) is 1.61. The number of methoxy groups -OCH3 is 1. The molecule has 2 aromatic heterocycles. The van der Waals surface area contributed by atoms with E-state index in [0.29, 0.717) is 5.69 Å². The van der Waals surface area contributed by atoms with Gasteiger partial charge in [-0.25, -0.2) is 0 Å². The highest BCUT2D eigenvalue weighted by Gasteiger charge is 2.21. The second-order valence-electron chi connectivity index (χ2n) is 5.54. The summed E-state index contributed by atoms with van der Waals surface area (Å²) < 4.78 is 11.9.